The van der Waals surface area contributed by atoms with Crippen LogP contribution in [0.15, 0.2) is 36.4 Å². The van der Waals surface area contributed by atoms with Crippen molar-refractivity contribution in [1.82, 2.24) is 20.2 Å². The average Bonchev–Trinajstić information content (AvgIpc) is 3.24. The zero-order valence-corrected chi connectivity index (χ0v) is 14.9. The fourth-order valence-corrected chi connectivity index (χ4v) is 3.71. The molecule has 0 radical (unpaired) electrons. The maximum Gasteiger partial charge on any atom is 0.251 e. The second kappa shape index (κ2) is 5.77. The number of imidazole rings is 1. The highest BCUT2D eigenvalue weighted by Crippen LogP contribution is 2.32. The number of nitrogens with one attached hydrogen (secondary N) is 2. The van der Waals surface area contributed by atoms with Crippen LogP contribution in [0.4, 0.5) is 14.5 Å². The van der Waals surface area contributed by atoms with Crippen LogP contribution in [0.25, 0.3) is 33.5 Å². The summed E-state index contributed by atoms with van der Waals surface area (Å²) in [7, 11) is 0. The van der Waals surface area contributed by atoms with E-state index in [4.69, 9.17) is 0 Å². The van der Waals surface area contributed by atoms with Gasteiger partial charge in [0.25, 0.3) is 5.92 Å². The first-order valence-electron chi connectivity index (χ1n) is 9.06. The number of rotatable bonds is 2. The van der Waals surface area contributed by atoms with E-state index in [1.807, 2.05) is 42.2 Å². The van der Waals surface area contributed by atoms with Gasteiger partial charge in [0.1, 0.15) is 5.69 Å². The lowest BCUT2D eigenvalue weighted by molar-refractivity contribution is -0.0220. The first-order valence-corrected chi connectivity index (χ1v) is 9.06. The van der Waals surface area contributed by atoms with Crippen molar-refractivity contribution in [2.75, 3.05) is 18.0 Å². The summed E-state index contributed by atoms with van der Waals surface area (Å²) in [6.45, 7) is 2.77. The average molecular weight is 367 g/mol. The fraction of sp³-hybridized carbons (Fsp3) is 0.300. The Kier molecular flexibility index (Phi) is 3.47. The van der Waals surface area contributed by atoms with Crippen molar-refractivity contribution in [2.24, 2.45) is 0 Å². The molecule has 2 aromatic carbocycles. The Labute approximate surface area is 154 Å². The Balaban J connectivity index is 1.51. The minimum atomic E-state index is -2.54. The van der Waals surface area contributed by atoms with E-state index in [9.17, 15) is 8.78 Å². The van der Waals surface area contributed by atoms with E-state index in [-0.39, 0.29) is 12.8 Å². The van der Waals surface area contributed by atoms with Gasteiger partial charge in [-0.25, -0.2) is 13.8 Å². The second-order valence-electron chi connectivity index (χ2n) is 7.25. The Hall–Kier alpha value is -2.96. The Morgan fingerprint density at radius 2 is 1.85 bits per heavy atom. The van der Waals surface area contributed by atoms with Gasteiger partial charge in [0, 0.05) is 37.0 Å². The van der Waals surface area contributed by atoms with Crippen LogP contribution in [0.3, 0.4) is 0 Å². The lowest BCUT2D eigenvalue weighted by Gasteiger charge is -2.33. The molecule has 4 aromatic rings. The second-order valence-corrected chi connectivity index (χ2v) is 7.25. The van der Waals surface area contributed by atoms with Crippen molar-refractivity contribution in [2.45, 2.75) is 25.7 Å². The fourth-order valence-electron chi connectivity index (χ4n) is 3.71. The maximum atomic E-state index is 13.4. The summed E-state index contributed by atoms with van der Waals surface area (Å²) in [5, 5.41) is 8.48. The molecule has 2 aromatic heterocycles. The van der Waals surface area contributed by atoms with Crippen molar-refractivity contribution in [3.63, 3.8) is 0 Å². The number of alkyl halides is 2. The Morgan fingerprint density at radius 3 is 2.67 bits per heavy atom. The van der Waals surface area contributed by atoms with Crippen molar-refractivity contribution in [1.29, 1.82) is 0 Å². The summed E-state index contributed by atoms with van der Waals surface area (Å²) >= 11 is 0. The SMILES string of the molecule is Cc1ccc2[nH]nc(-c3nc4ccc(N5CCC(F)(F)CC5)cc4[nH]3)c2c1. The largest absolute Gasteiger partial charge is 0.371 e. The van der Waals surface area contributed by atoms with Gasteiger partial charge >= 0.3 is 0 Å². The highest BCUT2D eigenvalue weighted by atomic mass is 19.3. The monoisotopic (exact) mass is 367 g/mol. The molecule has 0 saturated carbocycles. The molecule has 0 amide bonds. The summed E-state index contributed by atoms with van der Waals surface area (Å²) < 4.78 is 26.8. The van der Waals surface area contributed by atoms with E-state index in [1.165, 1.54) is 0 Å². The molecular weight excluding hydrogens is 348 g/mol. The van der Waals surface area contributed by atoms with Crippen LogP contribution in [0.5, 0.6) is 0 Å². The topological polar surface area (TPSA) is 60.6 Å². The van der Waals surface area contributed by atoms with Gasteiger partial charge in [-0.2, -0.15) is 5.10 Å². The van der Waals surface area contributed by atoms with Gasteiger partial charge in [-0.1, -0.05) is 11.6 Å². The molecule has 5 rings (SSSR count). The predicted molar refractivity (Wildman–Crippen MR) is 102 cm³/mol. The molecule has 0 atom stereocenters. The molecule has 0 unspecified atom stereocenters. The summed E-state index contributed by atoms with van der Waals surface area (Å²) in [6.07, 6.45) is -0.199. The van der Waals surface area contributed by atoms with Crippen LogP contribution < -0.4 is 4.90 Å². The molecule has 2 N–H and O–H groups in total. The number of aryl methyl sites for hydroxylation is 1. The Bertz CT molecular complexity index is 1130. The normalized spacial score (nSPS) is 17.1. The van der Waals surface area contributed by atoms with Crippen LogP contribution in [0.1, 0.15) is 18.4 Å². The minimum absolute atomic E-state index is 0.0993. The molecule has 138 valence electrons. The van der Waals surface area contributed by atoms with Crippen LogP contribution in [0.2, 0.25) is 0 Å². The molecule has 1 saturated heterocycles. The van der Waals surface area contributed by atoms with Crippen LogP contribution in [0, 0.1) is 6.92 Å². The number of piperidine rings is 1. The van der Waals surface area contributed by atoms with E-state index >= 15 is 0 Å². The van der Waals surface area contributed by atoms with Crippen molar-refractivity contribution in [3.8, 4) is 11.5 Å². The van der Waals surface area contributed by atoms with E-state index in [0.717, 1.165) is 38.9 Å². The standard InChI is InChI=1S/C20H19F2N5/c1-12-2-4-15-14(10-12)18(26-25-15)19-23-16-5-3-13(11-17(16)24-19)27-8-6-20(21,22)7-9-27/h2-5,10-11H,6-9H2,1H3,(H,23,24)(H,25,26). The van der Waals surface area contributed by atoms with Gasteiger partial charge in [-0.15, -0.1) is 0 Å². The molecule has 27 heavy (non-hydrogen) atoms. The quantitative estimate of drug-likeness (QED) is 0.542. The highest BCUT2D eigenvalue weighted by molar-refractivity contribution is 5.93. The highest BCUT2D eigenvalue weighted by Gasteiger charge is 2.34. The van der Waals surface area contributed by atoms with Gasteiger partial charge in [0.15, 0.2) is 5.82 Å². The van der Waals surface area contributed by atoms with Gasteiger partial charge in [0.2, 0.25) is 0 Å². The summed E-state index contributed by atoms with van der Waals surface area (Å²) in [5.41, 5.74) is 5.56. The maximum absolute atomic E-state index is 13.4. The Morgan fingerprint density at radius 1 is 1.04 bits per heavy atom. The van der Waals surface area contributed by atoms with E-state index in [1.54, 1.807) is 0 Å². The third-order valence-electron chi connectivity index (χ3n) is 5.27. The summed E-state index contributed by atoms with van der Waals surface area (Å²) in [4.78, 5) is 10.0. The van der Waals surface area contributed by atoms with Gasteiger partial charge in [-0.05, 0) is 37.3 Å². The van der Waals surface area contributed by atoms with Crippen LogP contribution in [-0.2, 0) is 0 Å². The molecule has 3 heterocycles. The summed E-state index contributed by atoms with van der Waals surface area (Å²) in [6, 6.07) is 12.0. The number of H-pyrrole nitrogens is 2. The van der Waals surface area contributed by atoms with Gasteiger partial charge < -0.3 is 9.88 Å². The molecule has 1 aliphatic heterocycles. The molecule has 5 nitrogen and oxygen atoms in total. The first-order chi connectivity index (χ1) is 13.0. The molecule has 0 bridgehead atoms. The van der Waals surface area contributed by atoms with Crippen molar-refractivity contribution < 1.29 is 8.78 Å². The zero-order chi connectivity index (χ0) is 18.6. The van der Waals surface area contributed by atoms with Crippen LogP contribution in [-0.4, -0.2) is 39.2 Å². The number of nitrogens with zero attached hydrogens (tertiary/aromatic N) is 3. The van der Waals surface area contributed by atoms with Gasteiger partial charge in [0.05, 0.1) is 16.6 Å². The predicted octanol–water partition coefficient (Wildman–Crippen LogP) is 4.65. The number of hydrogen-bond acceptors (Lipinski definition) is 3. The molecule has 0 spiro atoms. The minimum Gasteiger partial charge on any atom is -0.371 e. The summed E-state index contributed by atoms with van der Waals surface area (Å²) in [5.74, 6) is -1.84. The number of halogens is 2. The van der Waals surface area contributed by atoms with Crippen molar-refractivity contribution in [3.05, 3.63) is 42.0 Å². The lowest BCUT2D eigenvalue weighted by atomic mass is 10.1. The number of aromatic amines is 2. The van der Waals surface area contributed by atoms with Crippen LogP contribution >= 0.6 is 0 Å². The molecular formula is C20H19F2N5. The first kappa shape index (κ1) is 16.2. The molecule has 1 aliphatic rings. The number of benzene rings is 2. The van der Waals surface area contributed by atoms with Gasteiger partial charge in [-0.3, -0.25) is 5.10 Å². The number of aromatic nitrogens is 4. The van der Waals surface area contributed by atoms with E-state index < -0.39 is 5.92 Å². The third kappa shape index (κ3) is 2.83. The van der Waals surface area contributed by atoms with E-state index in [0.29, 0.717) is 18.9 Å². The zero-order valence-electron chi connectivity index (χ0n) is 14.9. The lowest BCUT2D eigenvalue weighted by Crippen LogP contribution is -2.39. The van der Waals surface area contributed by atoms with E-state index in [2.05, 4.69) is 26.2 Å². The molecule has 7 heteroatoms. The molecule has 1 fully saturated rings. The smallest absolute Gasteiger partial charge is 0.251 e. The molecule has 0 aliphatic carbocycles. The third-order valence-corrected chi connectivity index (χ3v) is 5.27. The number of hydrogen-bond donors (Lipinski definition) is 2. The number of anilines is 1. The van der Waals surface area contributed by atoms with Crippen molar-refractivity contribution >= 4 is 27.6 Å². The number of fused-ring (bicyclic) bond motifs is 2.